The van der Waals surface area contributed by atoms with Gasteiger partial charge in [-0.3, -0.25) is 4.79 Å². The monoisotopic (exact) mass is 246 g/mol. The molecule has 0 aliphatic heterocycles. The van der Waals surface area contributed by atoms with Gasteiger partial charge in [0.25, 0.3) is 5.91 Å². The van der Waals surface area contributed by atoms with E-state index in [1.54, 1.807) is 12.1 Å². The number of para-hydroxylation sites is 1. The Balaban J connectivity index is 1.93. The van der Waals surface area contributed by atoms with Crippen molar-refractivity contribution in [2.24, 2.45) is 0 Å². The van der Waals surface area contributed by atoms with Gasteiger partial charge in [-0.2, -0.15) is 4.98 Å². The van der Waals surface area contributed by atoms with Crippen LogP contribution in [0, 0.1) is 6.92 Å². The van der Waals surface area contributed by atoms with E-state index in [2.05, 4.69) is 15.5 Å². The molecule has 1 aromatic carbocycles. The molecule has 0 aliphatic rings. The molecule has 0 unspecified atom stereocenters. The van der Waals surface area contributed by atoms with E-state index in [1.165, 1.54) is 6.33 Å². The summed E-state index contributed by atoms with van der Waals surface area (Å²) in [6, 6.07) is 5.37. The van der Waals surface area contributed by atoms with Crippen LogP contribution in [0.2, 0.25) is 0 Å². The quantitative estimate of drug-likeness (QED) is 0.783. The Bertz CT molecular complexity index is 537. The molecule has 0 saturated heterocycles. The number of amides is 1. The van der Waals surface area contributed by atoms with Crippen molar-refractivity contribution >= 4 is 11.6 Å². The van der Waals surface area contributed by atoms with E-state index in [9.17, 15) is 4.79 Å². The molecule has 6 heteroatoms. The van der Waals surface area contributed by atoms with Gasteiger partial charge in [0.2, 0.25) is 5.89 Å². The minimum absolute atomic E-state index is 0.198. The summed E-state index contributed by atoms with van der Waals surface area (Å²) in [5.74, 6) is 0.295. The van der Waals surface area contributed by atoms with Crippen LogP contribution in [-0.4, -0.2) is 22.6 Å². The van der Waals surface area contributed by atoms with Crippen molar-refractivity contribution in [2.75, 3.05) is 12.3 Å². The number of carbonyl (C=O) groups is 1. The smallest absolute Gasteiger partial charge is 0.253 e. The van der Waals surface area contributed by atoms with Crippen molar-refractivity contribution in [3.05, 3.63) is 41.5 Å². The van der Waals surface area contributed by atoms with Crippen molar-refractivity contribution < 1.29 is 9.32 Å². The number of nitrogen functional groups attached to an aromatic ring is 1. The third-order valence-electron chi connectivity index (χ3n) is 2.60. The SMILES string of the molecule is Cc1cccc(C(=O)NCCc2ncno2)c1N. The summed E-state index contributed by atoms with van der Waals surface area (Å²) in [5.41, 5.74) is 7.73. The molecular weight excluding hydrogens is 232 g/mol. The third kappa shape index (κ3) is 2.65. The fourth-order valence-corrected chi connectivity index (χ4v) is 1.56. The summed E-state index contributed by atoms with van der Waals surface area (Å²) in [6.07, 6.45) is 1.83. The molecule has 0 radical (unpaired) electrons. The number of hydrogen-bond donors (Lipinski definition) is 2. The fraction of sp³-hybridized carbons (Fsp3) is 0.250. The van der Waals surface area contributed by atoms with E-state index in [-0.39, 0.29) is 5.91 Å². The van der Waals surface area contributed by atoms with Gasteiger partial charge >= 0.3 is 0 Å². The van der Waals surface area contributed by atoms with Crippen molar-refractivity contribution in [1.29, 1.82) is 0 Å². The number of nitrogens with one attached hydrogen (secondary N) is 1. The molecule has 0 saturated carbocycles. The van der Waals surface area contributed by atoms with E-state index in [0.717, 1.165) is 5.56 Å². The standard InChI is InChI=1S/C12H14N4O2/c1-8-3-2-4-9(11(8)13)12(17)14-6-5-10-15-7-16-18-10/h2-4,7H,5-6,13H2,1H3,(H,14,17). The fourth-order valence-electron chi connectivity index (χ4n) is 1.56. The van der Waals surface area contributed by atoms with E-state index in [1.807, 2.05) is 13.0 Å². The molecule has 1 aromatic heterocycles. The summed E-state index contributed by atoms with van der Waals surface area (Å²) in [4.78, 5) is 15.8. The predicted octanol–water partition coefficient (Wildman–Crippen LogP) is 0.933. The Kier molecular flexibility index (Phi) is 3.57. The number of carbonyl (C=O) groups excluding carboxylic acids is 1. The first-order chi connectivity index (χ1) is 8.68. The molecule has 0 fully saturated rings. The first kappa shape index (κ1) is 12.1. The van der Waals surface area contributed by atoms with Crippen LogP contribution in [0.1, 0.15) is 21.8 Å². The Hall–Kier alpha value is -2.37. The summed E-state index contributed by atoms with van der Waals surface area (Å²) in [7, 11) is 0. The van der Waals surface area contributed by atoms with Crippen LogP contribution < -0.4 is 11.1 Å². The van der Waals surface area contributed by atoms with Crippen LogP contribution >= 0.6 is 0 Å². The highest BCUT2D eigenvalue weighted by atomic mass is 16.5. The lowest BCUT2D eigenvalue weighted by Gasteiger charge is -2.08. The average Bonchev–Trinajstić information content (AvgIpc) is 2.85. The zero-order valence-corrected chi connectivity index (χ0v) is 10.0. The number of aromatic nitrogens is 2. The highest BCUT2D eigenvalue weighted by Crippen LogP contribution is 2.15. The highest BCUT2D eigenvalue weighted by molar-refractivity contribution is 5.99. The first-order valence-electron chi connectivity index (χ1n) is 5.57. The molecule has 1 heterocycles. The maximum atomic E-state index is 11.9. The minimum atomic E-state index is -0.198. The third-order valence-corrected chi connectivity index (χ3v) is 2.60. The Morgan fingerprint density at radius 2 is 2.33 bits per heavy atom. The lowest BCUT2D eigenvalue weighted by atomic mass is 10.1. The second-order valence-electron chi connectivity index (χ2n) is 3.88. The second-order valence-corrected chi connectivity index (χ2v) is 3.88. The lowest BCUT2D eigenvalue weighted by Crippen LogP contribution is -2.26. The van der Waals surface area contributed by atoms with E-state index < -0.39 is 0 Å². The number of aryl methyl sites for hydroxylation is 1. The van der Waals surface area contributed by atoms with Crippen LogP contribution in [0.15, 0.2) is 29.0 Å². The van der Waals surface area contributed by atoms with Crippen LogP contribution in [0.25, 0.3) is 0 Å². The molecule has 2 aromatic rings. The molecular formula is C12H14N4O2. The molecule has 94 valence electrons. The number of rotatable bonds is 4. The van der Waals surface area contributed by atoms with E-state index in [0.29, 0.717) is 30.1 Å². The van der Waals surface area contributed by atoms with Gasteiger partial charge in [0, 0.05) is 18.7 Å². The molecule has 0 aliphatic carbocycles. The molecule has 18 heavy (non-hydrogen) atoms. The van der Waals surface area contributed by atoms with E-state index in [4.69, 9.17) is 10.3 Å². The van der Waals surface area contributed by atoms with Gasteiger partial charge in [-0.1, -0.05) is 17.3 Å². The molecule has 1 amide bonds. The number of benzene rings is 1. The highest BCUT2D eigenvalue weighted by Gasteiger charge is 2.10. The van der Waals surface area contributed by atoms with Crippen LogP contribution in [0.3, 0.4) is 0 Å². The van der Waals surface area contributed by atoms with Crippen LogP contribution in [-0.2, 0) is 6.42 Å². The van der Waals surface area contributed by atoms with Gasteiger partial charge in [0.15, 0.2) is 6.33 Å². The Morgan fingerprint density at radius 3 is 3.06 bits per heavy atom. The van der Waals surface area contributed by atoms with Gasteiger partial charge in [0.05, 0.1) is 5.56 Å². The number of anilines is 1. The number of hydrogen-bond acceptors (Lipinski definition) is 5. The summed E-state index contributed by atoms with van der Waals surface area (Å²) >= 11 is 0. The zero-order valence-electron chi connectivity index (χ0n) is 10.0. The van der Waals surface area contributed by atoms with Crippen LogP contribution in [0.5, 0.6) is 0 Å². The second kappa shape index (κ2) is 5.31. The maximum Gasteiger partial charge on any atom is 0.253 e. The molecule has 0 bridgehead atoms. The molecule has 2 rings (SSSR count). The van der Waals surface area contributed by atoms with Crippen molar-refractivity contribution in [3.8, 4) is 0 Å². The van der Waals surface area contributed by atoms with Gasteiger partial charge < -0.3 is 15.6 Å². The van der Waals surface area contributed by atoms with Crippen LogP contribution in [0.4, 0.5) is 5.69 Å². The largest absolute Gasteiger partial charge is 0.398 e. The maximum absolute atomic E-state index is 11.9. The molecule has 6 nitrogen and oxygen atoms in total. The zero-order chi connectivity index (χ0) is 13.0. The first-order valence-corrected chi connectivity index (χ1v) is 5.57. The summed E-state index contributed by atoms with van der Waals surface area (Å²) in [6.45, 7) is 2.29. The van der Waals surface area contributed by atoms with Gasteiger partial charge in [0.1, 0.15) is 0 Å². The number of nitrogens with two attached hydrogens (primary N) is 1. The summed E-state index contributed by atoms with van der Waals surface area (Å²) < 4.78 is 4.83. The average molecular weight is 246 g/mol. The molecule has 3 N–H and O–H groups in total. The van der Waals surface area contributed by atoms with Gasteiger partial charge in [-0.05, 0) is 18.6 Å². The molecule has 0 spiro atoms. The van der Waals surface area contributed by atoms with Gasteiger partial charge in [-0.15, -0.1) is 0 Å². The summed E-state index contributed by atoms with van der Waals surface area (Å²) in [5, 5.41) is 6.24. The minimum Gasteiger partial charge on any atom is -0.398 e. The van der Waals surface area contributed by atoms with Crippen molar-refractivity contribution in [3.63, 3.8) is 0 Å². The van der Waals surface area contributed by atoms with Crippen molar-refractivity contribution in [2.45, 2.75) is 13.3 Å². The molecule has 0 atom stereocenters. The van der Waals surface area contributed by atoms with Gasteiger partial charge in [-0.25, -0.2) is 0 Å². The van der Waals surface area contributed by atoms with E-state index >= 15 is 0 Å². The Morgan fingerprint density at radius 1 is 1.50 bits per heavy atom. The number of nitrogens with zero attached hydrogens (tertiary/aromatic N) is 2. The predicted molar refractivity (Wildman–Crippen MR) is 65.9 cm³/mol. The Labute approximate surface area is 104 Å². The van der Waals surface area contributed by atoms with Crippen molar-refractivity contribution in [1.82, 2.24) is 15.5 Å². The lowest BCUT2D eigenvalue weighted by molar-refractivity contribution is 0.0954. The normalized spacial score (nSPS) is 10.3. The topological polar surface area (TPSA) is 94.0 Å².